The Morgan fingerprint density at radius 2 is 1.58 bits per heavy atom. The van der Waals surface area contributed by atoms with Gasteiger partial charge in [-0.2, -0.15) is 30.7 Å². The molecule has 0 aliphatic carbocycles. The highest BCUT2D eigenvalue weighted by Gasteiger charge is 2.73. The number of nitrogens with zero attached hydrogens (tertiary/aromatic N) is 1. The number of amides is 2. The number of rotatable bonds is 12. The minimum Gasteiger partial charge on any atom is -0.487 e. The van der Waals surface area contributed by atoms with E-state index >= 15 is 0 Å². The zero-order valence-corrected chi connectivity index (χ0v) is 20.1. The Morgan fingerprint density at radius 1 is 0.947 bits per heavy atom. The monoisotopic (exact) mass is 575 g/mol. The summed E-state index contributed by atoms with van der Waals surface area (Å²) in [5, 5.41) is 2.52. The number of hydrogen-bond donors (Lipinski definition) is 2. The molecule has 0 spiro atoms. The van der Waals surface area contributed by atoms with Gasteiger partial charge in [-0.1, -0.05) is 0 Å². The lowest BCUT2D eigenvalue weighted by Crippen LogP contribution is -2.54. The highest BCUT2D eigenvalue weighted by molar-refractivity contribution is 7.90. The highest BCUT2D eigenvalue weighted by atomic mass is 32.2. The minimum absolute atomic E-state index is 0.0601. The average Bonchev–Trinajstić information content (AvgIpc) is 2.84. The third-order valence-corrected chi connectivity index (χ3v) is 5.94. The largest absolute Gasteiger partial charge is 0.487 e. The van der Waals surface area contributed by atoms with Crippen LogP contribution in [0.2, 0.25) is 0 Å². The van der Waals surface area contributed by atoms with Crippen LogP contribution >= 0.6 is 0 Å². The third-order valence-electron chi connectivity index (χ3n) is 4.59. The minimum atomic E-state index is -6.53. The molecule has 0 saturated heterocycles. The first-order chi connectivity index (χ1) is 17.5. The molecule has 2 aromatic rings. The maximum Gasteiger partial charge on any atom is 0.460 e. The van der Waals surface area contributed by atoms with E-state index in [2.05, 4.69) is 15.0 Å². The van der Waals surface area contributed by atoms with E-state index in [1.165, 1.54) is 6.07 Å². The number of sulfonamides is 1. The lowest BCUT2D eigenvalue weighted by atomic mass is 10.2. The lowest BCUT2D eigenvalue weighted by Gasteiger charge is -2.27. The molecule has 0 aliphatic heterocycles. The number of ether oxygens (including phenoxy) is 2. The van der Waals surface area contributed by atoms with Crippen LogP contribution in [0.15, 0.2) is 47.5 Å². The van der Waals surface area contributed by atoms with Gasteiger partial charge in [0.05, 0.1) is 17.1 Å². The van der Waals surface area contributed by atoms with Gasteiger partial charge in [-0.05, 0) is 43.3 Å². The number of nitrogens with one attached hydrogen (secondary N) is 2. The zero-order chi connectivity index (χ0) is 28.8. The van der Waals surface area contributed by atoms with Gasteiger partial charge in [-0.25, -0.2) is 13.1 Å². The van der Waals surface area contributed by atoms with E-state index in [9.17, 15) is 48.7 Å². The van der Waals surface area contributed by atoms with E-state index < -0.39 is 57.1 Å². The number of alkyl halides is 7. The van der Waals surface area contributed by atoms with Crippen molar-refractivity contribution in [3.05, 3.63) is 53.9 Å². The molecule has 0 atom stereocenters. The van der Waals surface area contributed by atoms with Gasteiger partial charge in [0.1, 0.15) is 11.4 Å². The van der Waals surface area contributed by atoms with Crippen LogP contribution in [-0.2, 0) is 14.8 Å². The molecule has 0 saturated carbocycles. The van der Waals surface area contributed by atoms with E-state index in [4.69, 9.17) is 4.74 Å². The molecule has 1 heterocycles. The molecule has 2 amide bonds. The second-order valence-corrected chi connectivity index (χ2v) is 9.04. The molecule has 0 unspecified atom stereocenters. The third kappa shape index (κ3) is 7.53. The fourth-order valence-corrected chi connectivity index (χ4v) is 3.54. The van der Waals surface area contributed by atoms with Crippen molar-refractivity contribution < 1.29 is 58.2 Å². The van der Waals surface area contributed by atoms with Crippen molar-refractivity contribution in [1.29, 1.82) is 0 Å². The van der Waals surface area contributed by atoms with Gasteiger partial charge < -0.3 is 14.8 Å². The van der Waals surface area contributed by atoms with Crippen molar-refractivity contribution >= 4 is 21.8 Å². The molecule has 0 radical (unpaired) electrons. The molecule has 0 bridgehead atoms. The smallest absolute Gasteiger partial charge is 0.460 e. The maximum atomic E-state index is 13.3. The van der Waals surface area contributed by atoms with Crippen molar-refractivity contribution in [3.63, 3.8) is 0 Å². The molecule has 9 nitrogen and oxygen atoms in total. The van der Waals surface area contributed by atoms with Crippen LogP contribution in [0.3, 0.4) is 0 Å². The molecular formula is C21H20F7N3O6S. The second kappa shape index (κ2) is 11.9. The Balaban J connectivity index is 2.01. The molecule has 1 aromatic heterocycles. The van der Waals surface area contributed by atoms with Gasteiger partial charge in [0.15, 0.2) is 6.61 Å². The van der Waals surface area contributed by atoms with Gasteiger partial charge in [0, 0.05) is 19.3 Å². The topological polar surface area (TPSA) is 124 Å². The molecule has 38 heavy (non-hydrogen) atoms. The summed E-state index contributed by atoms with van der Waals surface area (Å²) in [5.41, 5.74) is -0.303. The van der Waals surface area contributed by atoms with Crippen LogP contribution in [0.25, 0.3) is 0 Å². The summed E-state index contributed by atoms with van der Waals surface area (Å²) in [6, 6.07) is 5.19. The van der Waals surface area contributed by atoms with Crippen LogP contribution in [0.4, 0.5) is 30.7 Å². The molecule has 1 aromatic carbocycles. The Kier molecular flexibility index (Phi) is 9.66. The maximum absolute atomic E-state index is 13.3. The highest BCUT2D eigenvalue weighted by Crippen LogP contribution is 2.46. The summed E-state index contributed by atoms with van der Waals surface area (Å²) in [6.07, 6.45) is -5.59. The first-order valence-electron chi connectivity index (χ1n) is 10.5. The van der Waals surface area contributed by atoms with Crippen LogP contribution in [0, 0.1) is 0 Å². The van der Waals surface area contributed by atoms with Crippen molar-refractivity contribution in [3.8, 4) is 5.75 Å². The first kappa shape index (κ1) is 30.8. The van der Waals surface area contributed by atoms with Gasteiger partial charge >= 0.3 is 18.0 Å². The normalized spacial score (nSPS) is 12.6. The Morgan fingerprint density at radius 3 is 2.11 bits per heavy atom. The molecule has 0 aliphatic rings. The lowest BCUT2D eigenvalue weighted by molar-refractivity contribution is -0.358. The number of carbonyl (C=O) groups is 2. The van der Waals surface area contributed by atoms with Gasteiger partial charge in [-0.3, -0.25) is 14.6 Å². The van der Waals surface area contributed by atoms with Gasteiger partial charge in [0.2, 0.25) is 0 Å². The first-order valence-corrected chi connectivity index (χ1v) is 11.9. The Labute approximate surface area is 211 Å². The number of aromatic nitrogens is 1. The summed E-state index contributed by atoms with van der Waals surface area (Å²) in [6.45, 7) is 0.369. The molecule has 210 valence electrons. The second-order valence-electron chi connectivity index (χ2n) is 7.36. The Bertz CT molecular complexity index is 1220. The Hall–Kier alpha value is -3.47. The number of pyridine rings is 1. The standard InChI is InChI=1S/C21H20F7N3O6S/c1-2-36-10-9-29-18(33)16-8-3-13(11-30-16)17(32)31-38(34,35)15-6-4-14(5-7-15)37-12-19(22,23)20(24,25)21(26,27)28/h3-8,11H,2,9-10,12H2,1H3,(H,29,33)(H,31,32). The fourth-order valence-electron chi connectivity index (χ4n) is 2.56. The van der Waals surface area contributed by atoms with E-state index in [-0.39, 0.29) is 24.4 Å². The van der Waals surface area contributed by atoms with Gasteiger partial charge in [0.25, 0.3) is 21.8 Å². The summed E-state index contributed by atoms with van der Waals surface area (Å²) in [7, 11) is -4.55. The van der Waals surface area contributed by atoms with Crippen molar-refractivity contribution in [2.45, 2.75) is 29.8 Å². The summed E-state index contributed by atoms with van der Waals surface area (Å²) in [5.74, 6) is -14.3. The van der Waals surface area contributed by atoms with Crippen LogP contribution in [0.5, 0.6) is 5.75 Å². The summed E-state index contributed by atoms with van der Waals surface area (Å²) >= 11 is 0. The molecule has 2 rings (SSSR count). The zero-order valence-electron chi connectivity index (χ0n) is 19.3. The molecule has 2 N–H and O–H groups in total. The number of hydrogen-bond acceptors (Lipinski definition) is 7. The quantitative estimate of drug-likeness (QED) is 0.294. The summed E-state index contributed by atoms with van der Waals surface area (Å²) in [4.78, 5) is 27.4. The predicted molar refractivity (Wildman–Crippen MR) is 116 cm³/mol. The number of halogens is 7. The molecular weight excluding hydrogens is 555 g/mol. The van der Waals surface area contributed by atoms with Crippen LogP contribution < -0.4 is 14.8 Å². The SMILES string of the molecule is CCOCCNC(=O)c1ccc(C(=O)NS(=O)(=O)c2ccc(OCC(F)(F)C(F)(F)C(F)(F)F)cc2)cn1. The van der Waals surface area contributed by atoms with E-state index in [1.54, 1.807) is 11.6 Å². The van der Waals surface area contributed by atoms with Crippen molar-refractivity contribution in [2.75, 3.05) is 26.4 Å². The molecule has 17 heteroatoms. The van der Waals surface area contributed by atoms with Crippen LogP contribution in [0.1, 0.15) is 27.8 Å². The average molecular weight is 575 g/mol. The van der Waals surface area contributed by atoms with Crippen molar-refractivity contribution in [1.82, 2.24) is 15.0 Å². The van der Waals surface area contributed by atoms with Crippen molar-refractivity contribution in [2.24, 2.45) is 0 Å². The summed E-state index contributed by atoms with van der Waals surface area (Å²) < 4.78 is 125. The van der Waals surface area contributed by atoms with Crippen LogP contribution in [-0.4, -0.2) is 69.6 Å². The van der Waals surface area contributed by atoms with E-state index in [1.807, 2.05) is 0 Å². The fraction of sp³-hybridized carbons (Fsp3) is 0.381. The van der Waals surface area contributed by atoms with Gasteiger partial charge in [-0.15, -0.1) is 0 Å². The van der Waals surface area contributed by atoms with E-state index in [0.717, 1.165) is 24.4 Å². The predicted octanol–water partition coefficient (Wildman–Crippen LogP) is 3.18. The number of benzene rings is 1. The van der Waals surface area contributed by atoms with E-state index in [0.29, 0.717) is 18.7 Å². The number of carbonyl (C=O) groups excluding carboxylic acids is 2. The molecule has 0 fully saturated rings.